The van der Waals surface area contributed by atoms with Crippen LogP contribution in [0.5, 0.6) is 5.75 Å². The second-order valence-electron chi connectivity index (χ2n) is 3.92. The van der Waals surface area contributed by atoms with Gasteiger partial charge in [0.25, 0.3) is 0 Å². The highest BCUT2D eigenvalue weighted by atomic mass is 16.5. The highest BCUT2D eigenvalue weighted by molar-refractivity contribution is 5.63. The summed E-state index contributed by atoms with van der Waals surface area (Å²) in [6.07, 6.45) is 2.37. The quantitative estimate of drug-likeness (QED) is 0.751. The monoisotopic (exact) mass is 205 g/mol. The number of nitrogen functional groups attached to an aromatic ring is 1. The summed E-state index contributed by atoms with van der Waals surface area (Å²) in [5.74, 6) is 0.742. The Morgan fingerprint density at radius 3 is 2.93 bits per heavy atom. The molecule has 1 atom stereocenters. The van der Waals surface area contributed by atoms with E-state index in [4.69, 9.17) is 10.5 Å². The van der Waals surface area contributed by atoms with E-state index < -0.39 is 0 Å². The molecule has 1 saturated heterocycles. The third-order valence-corrected chi connectivity index (χ3v) is 2.93. The zero-order valence-corrected chi connectivity index (χ0v) is 9.07. The maximum Gasteiger partial charge on any atom is 0.143 e. The molecular formula is C12H17N2O. The first-order valence-corrected chi connectivity index (χ1v) is 5.25. The molecule has 1 radical (unpaired) electrons. The average Bonchev–Trinajstić information content (AvgIpc) is 2.65. The molecule has 3 heteroatoms. The number of hydrogen-bond acceptors (Lipinski definition) is 3. The van der Waals surface area contributed by atoms with Crippen LogP contribution in [0, 0.1) is 6.92 Å². The summed E-state index contributed by atoms with van der Waals surface area (Å²) in [4.78, 5) is 2.29. The van der Waals surface area contributed by atoms with Crippen molar-refractivity contribution in [3.8, 4) is 5.75 Å². The number of nitrogens with zero attached hydrogens (tertiary/aromatic N) is 1. The lowest BCUT2D eigenvalue weighted by Crippen LogP contribution is -2.26. The van der Waals surface area contributed by atoms with Crippen molar-refractivity contribution in [3.63, 3.8) is 0 Å². The van der Waals surface area contributed by atoms with Crippen molar-refractivity contribution < 1.29 is 4.74 Å². The summed E-state index contributed by atoms with van der Waals surface area (Å²) in [5, 5.41) is 0. The zero-order chi connectivity index (χ0) is 10.8. The lowest BCUT2D eigenvalue weighted by Gasteiger charge is -2.24. The van der Waals surface area contributed by atoms with Gasteiger partial charge >= 0.3 is 0 Å². The predicted molar refractivity (Wildman–Crippen MR) is 63.1 cm³/mol. The molecule has 0 unspecified atom stereocenters. The minimum absolute atomic E-state index is 0.373. The summed E-state index contributed by atoms with van der Waals surface area (Å²) in [6, 6.07) is 6.28. The molecule has 0 aromatic heterocycles. The summed E-state index contributed by atoms with van der Waals surface area (Å²) < 4.78 is 5.21. The van der Waals surface area contributed by atoms with Gasteiger partial charge in [0.1, 0.15) is 5.75 Å². The first-order chi connectivity index (χ1) is 7.22. The molecule has 1 fully saturated rings. The fourth-order valence-electron chi connectivity index (χ4n) is 2.05. The van der Waals surface area contributed by atoms with Crippen molar-refractivity contribution in [2.75, 3.05) is 24.3 Å². The number of benzene rings is 1. The maximum absolute atomic E-state index is 5.77. The molecule has 0 bridgehead atoms. The van der Waals surface area contributed by atoms with E-state index in [9.17, 15) is 0 Å². The molecule has 0 saturated carbocycles. The number of methoxy groups -OCH3 is 1. The predicted octanol–water partition coefficient (Wildman–Crippen LogP) is 2.08. The Bertz CT molecular complexity index is 351. The lowest BCUT2D eigenvalue weighted by atomic mass is 10.2. The van der Waals surface area contributed by atoms with Gasteiger partial charge in [-0.15, -0.1) is 0 Å². The van der Waals surface area contributed by atoms with E-state index in [1.54, 1.807) is 7.11 Å². The molecule has 1 heterocycles. The van der Waals surface area contributed by atoms with E-state index >= 15 is 0 Å². The van der Waals surface area contributed by atoms with Crippen LogP contribution in [-0.2, 0) is 0 Å². The van der Waals surface area contributed by atoms with Crippen molar-refractivity contribution in [1.29, 1.82) is 0 Å². The number of hydrogen-bond donors (Lipinski definition) is 1. The van der Waals surface area contributed by atoms with Gasteiger partial charge in [-0.3, -0.25) is 0 Å². The Hall–Kier alpha value is -1.38. The summed E-state index contributed by atoms with van der Waals surface area (Å²) in [6.45, 7) is 5.20. The van der Waals surface area contributed by atoms with E-state index in [0.717, 1.165) is 24.4 Å². The SMILES string of the molecule is [CH2][C@H]1CCCN1c1ccc(N)c(OC)c1. The van der Waals surface area contributed by atoms with Crippen molar-refractivity contribution in [3.05, 3.63) is 25.1 Å². The first-order valence-electron chi connectivity index (χ1n) is 5.25. The third kappa shape index (κ3) is 1.87. The summed E-state index contributed by atoms with van der Waals surface area (Å²) in [7, 11) is 1.64. The fraction of sp³-hybridized carbons (Fsp3) is 0.417. The third-order valence-electron chi connectivity index (χ3n) is 2.93. The Morgan fingerprint density at radius 2 is 2.33 bits per heavy atom. The molecule has 2 N–H and O–H groups in total. The van der Waals surface area contributed by atoms with Gasteiger partial charge in [-0.1, -0.05) is 0 Å². The van der Waals surface area contributed by atoms with Gasteiger partial charge in [0.05, 0.1) is 12.8 Å². The molecule has 3 nitrogen and oxygen atoms in total. The lowest BCUT2D eigenvalue weighted by molar-refractivity contribution is 0.417. The Morgan fingerprint density at radius 1 is 1.53 bits per heavy atom. The van der Waals surface area contributed by atoms with Crippen LogP contribution in [0.4, 0.5) is 11.4 Å². The van der Waals surface area contributed by atoms with E-state index in [0.29, 0.717) is 11.7 Å². The van der Waals surface area contributed by atoms with Crippen LogP contribution in [0.1, 0.15) is 12.8 Å². The van der Waals surface area contributed by atoms with Gasteiger partial charge in [-0.25, -0.2) is 0 Å². The molecule has 1 aliphatic heterocycles. The van der Waals surface area contributed by atoms with Crippen LogP contribution in [0.15, 0.2) is 18.2 Å². The van der Waals surface area contributed by atoms with Crippen LogP contribution in [0.25, 0.3) is 0 Å². The number of nitrogens with two attached hydrogens (primary N) is 1. The smallest absolute Gasteiger partial charge is 0.143 e. The van der Waals surface area contributed by atoms with Gasteiger partial charge in [0.2, 0.25) is 0 Å². The van der Waals surface area contributed by atoms with E-state index in [1.807, 2.05) is 18.2 Å². The normalized spacial score (nSPS) is 20.7. The molecule has 1 aromatic rings. The fourth-order valence-corrected chi connectivity index (χ4v) is 2.05. The molecule has 0 aliphatic carbocycles. The second-order valence-corrected chi connectivity index (χ2v) is 3.92. The van der Waals surface area contributed by atoms with Gasteiger partial charge in [-0.2, -0.15) is 0 Å². The number of anilines is 2. The standard InChI is InChI=1S/C12H17N2O/c1-9-4-3-7-14(9)10-5-6-11(13)12(8-10)15-2/h5-6,8-9H,1,3-4,7,13H2,2H3/t9-/m0/s1. The van der Waals surface area contributed by atoms with Crippen molar-refractivity contribution in [2.24, 2.45) is 0 Å². The highest BCUT2D eigenvalue weighted by Gasteiger charge is 2.21. The summed E-state index contributed by atoms with van der Waals surface area (Å²) >= 11 is 0. The minimum Gasteiger partial charge on any atom is -0.495 e. The van der Waals surface area contributed by atoms with Crippen LogP contribution in [0.3, 0.4) is 0 Å². The first kappa shape index (κ1) is 10.1. The van der Waals surface area contributed by atoms with Gasteiger partial charge in [0.15, 0.2) is 0 Å². The maximum atomic E-state index is 5.77. The molecular weight excluding hydrogens is 188 g/mol. The summed E-state index contributed by atoms with van der Waals surface area (Å²) in [5.41, 5.74) is 7.61. The number of ether oxygens (including phenoxy) is 1. The Kier molecular flexibility index (Phi) is 2.71. The zero-order valence-electron chi connectivity index (χ0n) is 9.07. The second kappa shape index (κ2) is 4.01. The molecule has 1 aromatic carbocycles. The minimum atomic E-state index is 0.373. The van der Waals surface area contributed by atoms with Crippen molar-refractivity contribution in [2.45, 2.75) is 18.9 Å². The van der Waals surface area contributed by atoms with Gasteiger partial charge in [-0.05, 0) is 31.9 Å². The van der Waals surface area contributed by atoms with Gasteiger partial charge < -0.3 is 15.4 Å². The van der Waals surface area contributed by atoms with E-state index in [-0.39, 0.29) is 0 Å². The molecule has 0 spiro atoms. The van der Waals surface area contributed by atoms with Crippen LogP contribution >= 0.6 is 0 Å². The van der Waals surface area contributed by atoms with E-state index in [1.165, 1.54) is 6.42 Å². The van der Waals surface area contributed by atoms with Gasteiger partial charge in [0, 0.05) is 24.3 Å². The largest absolute Gasteiger partial charge is 0.495 e. The molecule has 81 valence electrons. The van der Waals surface area contributed by atoms with E-state index in [2.05, 4.69) is 11.8 Å². The number of rotatable bonds is 2. The average molecular weight is 205 g/mol. The topological polar surface area (TPSA) is 38.5 Å². The molecule has 2 rings (SSSR count). The van der Waals surface area contributed by atoms with Crippen LogP contribution in [-0.4, -0.2) is 19.7 Å². The van der Waals surface area contributed by atoms with Crippen LogP contribution in [0.2, 0.25) is 0 Å². The molecule has 1 aliphatic rings. The Balaban J connectivity index is 2.28. The Labute approximate surface area is 90.8 Å². The molecule has 15 heavy (non-hydrogen) atoms. The highest BCUT2D eigenvalue weighted by Crippen LogP contribution is 2.31. The van der Waals surface area contributed by atoms with Crippen molar-refractivity contribution >= 4 is 11.4 Å². The van der Waals surface area contributed by atoms with Crippen molar-refractivity contribution in [1.82, 2.24) is 0 Å². The van der Waals surface area contributed by atoms with Crippen LogP contribution < -0.4 is 15.4 Å². The molecule has 0 amide bonds.